The minimum Gasteiger partial charge on any atom is -0.305 e. The van der Waals surface area contributed by atoms with Gasteiger partial charge in [0.05, 0.1) is 0 Å². The Labute approximate surface area is 127 Å². The van der Waals surface area contributed by atoms with E-state index in [0.29, 0.717) is 5.92 Å². The third-order valence-corrected chi connectivity index (χ3v) is 3.81. The molecule has 1 atom stereocenters. The van der Waals surface area contributed by atoms with Crippen LogP contribution < -0.4 is 0 Å². The molecule has 2 aromatic carbocycles. The quantitative estimate of drug-likeness (QED) is 0.794. The molecular weight excluding hydrogens is 254 g/mol. The fraction of sp³-hybridized carbons (Fsp3) is 0.200. The van der Waals surface area contributed by atoms with Gasteiger partial charge in [-0.1, -0.05) is 72.8 Å². The SMILES string of the molecule is CN(C)CC1=CC(c2ccc(-c3ccccc3)cc2)C=C1. The van der Waals surface area contributed by atoms with Crippen molar-refractivity contribution >= 4 is 0 Å². The van der Waals surface area contributed by atoms with Crippen LogP contribution in [0.15, 0.2) is 78.4 Å². The van der Waals surface area contributed by atoms with E-state index in [0.717, 1.165) is 6.54 Å². The third-order valence-electron chi connectivity index (χ3n) is 3.81. The van der Waals surface area contributed by atoms with Crippen molar-refractivity contribution in [3.8, 4) is 11.1 Å². The molecule has 0 spiro atoms. The summed E-state index contributed by atoms with van der Waals surface area (Å²) < 4.78 is 0. The molecule has 3 rings (SSSR count). The molecule has 0 fully saturated rings. The normalized spacial score (nSPS) is 17.3. The van der Waals surface area contributed by atoms with Gasteiger partial charge in [0.15, 0.2) is 0 Å². The molecule has 0 amide bonds. The summed E-state index contributed by atoms with van der Waals surface area (Å²) in [5.74, 6) is 0.421. The lowest BCUT2D eigenvalue weighted by atomic mass is 9.97. The Kier molecular flexibility index (Phi) is 4.03. The Morgan fingerprint density at radius 2 is 1.52 bits per heavy atom. The molecule has 0 bridgehead atoms. The summed E-state index contributed by atoms with van der Waals surface area (Å²) in [7, 11) is 4.22. The Balaban J connectivity index is 1.77. The fourth-order valence-corrected chi connectivity index (χ4v) is 2.78. The van der Waals surface area contributed by atoms with E-state index in [2.05, 4.69) is 91.8 Å². The second-order valence-electron chi connectivity index (χ2n) is 5.85. The first kappa shape index (κ1) is 13.8. The summed E-state index contributed by atoms with van der Waals surface area (Å²) in [6, 6.07) is 19.4. The molecule has 0 aliphatic heterocycles. The predicted octanol–water partition coefficient (Wildman–Crippen LogP) is 4.50. The number of benzene rings is 2. The van der Waals surface area contributed by atoms with Crippen molar-refractivity contribution in [2.75, 3.05) is 20.6 Å². The van der Waals surface area contributed by atoms with Crippen LogP contribution in [0, 0.1) is 0 Å². The van der Waals surface area contributed by atoms with Gasteiger partial charge in [-0.2, -0.15) is 0 Å². The molecule has 2 aromatic rings. The van der Waals surface area contributed by atoms with E-state index in [1.807, 2.05) is 0 Å². The largest absolute Gasteiger partial charge is 0.305 e. The van der Waals surface area contributed by atoms with Gasteiger partial charge < -0.3 is 4.90 Å². The molecule has 0 N–H and O–H groups in total. The van der Waals surface area contributed by atoms with Gasteiger partial charge in [0.2, 0.25) is 0 Å². The maximum atomic E-state index is 2.36. The molecule has 21 heavy (non-hydrogen) atoms. The Hall–Kier alpha value is -2.12. The maximum absolute atomic E-state index is 2.36. The summed E-state index contributed by atoms with van der Waals surface area (Å²) in [6.07, 6.45) is 6.89. The fourth-order valence-electron chi connectivity index (χ4n) is 2.78. The predicted molar refractivity (Wildman–Crippen MR) is 90.4 cm³/mol. The first-order valence-electron chi connectivity index (χ1n) is 7.41. The van der Waals surface area contributed by atoms with Gasteiger partial charge in [0.1, 0.15) is 0 Å². The topological polar surface area (TPSA) is 3.24 Å². The standard InChI is InChI=1S/C20H21N/c1-21(2)15-16-8-9-20(14-16)19-12-10-18(11-13-19)17-6-4-3-5-7-17/h3-14,20H,15H2,1-2H3. The summed E-state index contributed by atoms with van der Waals surface area (Å²) in [5.41, 5.74) is 5.31. The average molecular weight is 275 g/mol. The van der Waals surface area contributed by atoms with E-state index in [9.17, 15) is 0 Å². The van der Waals surface area contributed by atoms with Crippen LogP contribution in [-0.2, 0) is 0 Å². The van der Waals surface area contributed by atoms with Crippen LogP contribution in [-0.4, -0.2) is 25.5 Å². The summed E-state index contributed by atoms with van der Waals surface area (Å²) >= 11 is 0. The Bertz CT molecular complexity index is 648. The van der Waals surface area contributed by atoms with Crippen LogP contribution in [0.5, 0.6) is 0 Å². The van der Waals surface area contributed by atoms with Gasteiger partial charge in [-0.3, -0.25) is 0 Å². The summed E-state index contributed by atoms with van der Waals surface area (Å²) in [5, 5.41) is 0. The zero-order chi connectivity index (χ0) is 14.7. The van der Waals surface area contributed by atoms with Crippen molar-refractivity contribution in [3.05, 3.63) is 84.0 Å². The Morgan fingerprint density at radius 1 is 0.857 bits per heavy atom. The highest BCUT2D eigenvalue weighted by Gasteiger charge is 2.12. The van der Waals surface area contributed by atoms with Gasteiger partial charge >= 0.3 is 0 Å². The second-order valence-corrected chi connectivity index (χ2v) is 5.85. The minimum atomic E-state index is 0.421. The van der Waals surface area contributed by atoms with E-state index < -0.39 is 0 Å². The van der Waals surface area contributed by atoms with Crippen LogP contribution in [0.3, 0.4) is 0 Å². The number of hydrogen-bond acceptors (Lipinski definition) is 1. The lowest BCUT2D eigenvalue weighted by molar-refractivity contribution is 0.449. The van der Waals surface area contributed by atoms with Crippen LogP contribution in [0.1, 0.15) is 11.5 Å². The molecule has 1 unspecified atom stereocenters. The lowest BCUT2D eigenvalue weighted by Crippen LogP contribution is -2.13. The van der Waals surface area contributed by atoms with Crippen molar-refractivity contribution in [2.24, 2.45) is 0 Å². The number of likely N-dealkylation sites (N-methyl/N-ethyl adjacent to an activating group) is 1. The van der Waals surface area contributed by atoms with Crippen molar-refractivity contribution in [1.29, 1.82) is 0 Å². The maximum Gasteiger partial charge on any atom is 0.0224 e. The number of rotatable bonds is 4. The minimum absolute atomic E-state index is 0.421. The average Bonchev–Trinajstić information content (AvgIpc) is 2.96. The van der Waals surface area contributed by atoms with E-state index in [-0.39, 0.29) is 0 Å². The van der Waals surface area contributed by atoms with Crippen molar-refractivity contribution < 1.29 is 0 Å². The highest BCUT2D eigenvalue weighted by atomic mass is 15.0. The van der Waals surface area contributed by atoms with Crippen molar-refractivity contribution in [3.63, 3.8) is 0 Å². The zero-order valence-corrected chi connectivity index (χ0v) is 12.7. The van der Waals surface area contributed by atoms with Crippen LogP contribution >= 0.6 is 0 Å². The van der Waals surface area contributed by atoms with Gasteiger partial charge in [0, 0.05) is 12.5 Å². The van der Waals surface area contributed by atoms with Gasteiger partial charge in [0.25, 0.3) is 0 Å². The van der Waals surface area contributed by atoms with Crippen molar-refractivity contribution in [2.45, 2.75) is 5.92 Å². The first-order chi connectivity index (χ1) is 10.2. The zero-order valence-electron chi connectivity index (χ0n) is 12.7. The lowest BCUT2D eigenvalue weighted by Gasteiger charge is -2.10. The molecule has 0 aromatic heterocycles. The smallest absolute Gasteiger partial charge is 0.0224 e. The molecule has 1 nitrogen and oxygen atoms in total. The molecule has 0 saturated carbocycles. The van der Waals surface area contributed by atoms with Crippen LogP contribution in [0.2, 0.25) is 0 Å². The molecule has 0 saturated heterocycles. The number of nitrogens with zero attached hydrogens (tertiary/aromatic N) is 1. The van der Waals surface area contributed by atoms with Gasteiger partial charge in [-0.05, 0) is 36.4 Å². The molecule has 0 heterocycles. The number of hydrogen-bond donors (Lipinski definition) is 0. The summed E-state index contributed by atoms with van der Waals surface area (Å²) in [4.78, 5) is 2.21. The van der Waals surface area contributed by atoms with Gasteiger partial charge in [-0.25, -0.2) is 0 Å². The summed E-state index contributed by atoms with van der Waals surface area (Å²) in [6.45, 7) is 1.01. The third kappa shape index (κ3) is 3.32. The van der Waals surface area contributed by atoms with E-state index >= 15 is 0 Å². The second kappa shape index (κ2) is 6.11. The van der Waals surface area contributed by atoms with Crippen LogP contribution in [0.4, 0.5) is 0 Å². The monoisotopic (exact) mass is 275 g/mol. The molecule has 1 heteroatoms. The van der Waals surface area contributed by atoms with Crippen molar-refractivity contribution in [1.82, 2.24) is 4.90 Å². The van der Waals surface area contributed by atoms with E-state index in [4.69, 9.17) is 0 Å². The molecule has 106 valence electrons. The van der Waals surface area contributed by atoms with Gasteiger partial charge in [-0.15, -0.1) is 0 Å². The molecular formula is C20H21N. The van der Waals surface area contributed by atoms with Crippen LogP contribution in [0.25, 0.3) is 11.1 Å². The Morgan fingerprint density at radius 3 is 2.19 bits per heavy atom. The number of allylic oxidation sites excluding steroid dienone is 2. The van der Waals surface area contributed by atoms with E-state index in [1.54, 1.807) is 0 Å². The van der Waals surface area contributed by atoms with E-state index in [1.165, 1.54) is 22.3 Å². The molecule has 1 aliphatic carbocycles. The molecule has 0 radical (unpaired) electrons. The molecule has 1 aliphatic rings. The highest BCUT2D eigenvalue weighted by Crippen LogP contribution is 2.28. The first-order valence-corrected chi connectivity index (χ1v) is 7.41. The highest BCUT2D eigenvalue weighted by molar-refractivity contribution is 5.63.